The van der Waals surface area contributed by atoms with Crippen molar-refractivity contribution < 1.29 is 13.2 Å². The quantitative estimate of drug-likeness (QED) is 0.892. The third kappa shape index (κ3) is 3.99. The van der Waals surface area contributed by atoms with Crippen molar-refractivity contribution in [3.63, 3.8) is 0 Å². The molecule has 130 valence electrons. The number of sulfonamides is 1. The van der Waals surface area contributed by atoms with Gasteiger partial charge in [-0.25, -0.2) is 8.42 Å². The Kier molecular flexibility index (Phi) is 6.31. The molecule has 1 saturated heterocycles. The molecule has 0 bridgehead atoms. The van der Waals surface area contributed by atoms with Crippen LogP contribution in [0.2, 0.25) is 0 Å². The van der Waals surface area contributed by atoms with Gasteiger partial charge in [-0.2, -0.15) is 4.31 Å². The normalized spacial score (nSPS) is 21.9. The number of nitrogens with zero attached hydrogens (tertiary/aromatic N) is 1. The van der Waals surface area contributed by atoms with Crippen molar-refractivity contribution in [3.05, 3.63) is 23.8 Å². The van der Waals surface area contributed by atoms with Crippen molar-refractivity contribution in [2.24, 2.45) is 5.92 Å². The van der Waals surface area contributed by atoms with Crippen molar-refractivity contribution in [2.75, 3.05) is 33.3 Å². The first-order chi connectivity index (χ1) is 10.6. The minimum atomic E-state index is -3.40. The van der Waals surface area contributed by atoms with Gasteiger partial charge in [-0.05, 0) is 69.0 Å². The number of ether oxygens (including phenoxy) is 1. The average Bonchev–Trinajstić information content (AvgIpc) is 2.55. The minimum Gasteiger partial charge on any atom is -0.493 e. The van der Waals surface area contributed by atoms with Crippen LogP contribution in [0.3, 0.4) is 0 Å². The van der Waals surface area contributed by atoms with E-state index in [1.54, 1.807) is 22.5 Å². The number of fused-ring (bicyclic) bond motifs is 1. The number of halogens is 1. The van der Waals surface area contributed by atoms with E-state index < -0.39 is 10.0 Å². The highest BCUT2D eigenvalue weighted by atomic mass is 35.5. The fourth-order valence-electron chi connectivity index (χ4n) is 3.35. The van der Waals surface area contributed by atoms with Crippen molar-refractivity contribution in [2.45, 2.75) is 30.6 Å². The number of aryl methyl sites for hydroxylation is 1. The second kappa shape index (κ2) is 7.83. The second-order valence-electron chi connectivity index (χ2n) is 6.15. The monoisotopic (exact) mass is 360 g/mol. The molecule has 0 radical (unpaired) electrons. The van der Waals surface area contributed by atoms with E-state index in [9.17, 15) is 8.42 Å². The van der Waals surface area contributed by atoms with Gasteiger partial charge in [0.15, 0.2) is 0 Å². The zero-order chi connectivity index (χ0) is 15.6. The van der Waals surface area contributed by atoms with Crippen molar-refractivity contribution >= 4 is 22.4 Å². The molecule has 7 heteroatoms. The summed E-state index contributed by atoms with van der Waals surface area (Å²) in [6.07, 6.45) is 3.86. The smallest absolute Gasteiger partial charge is 0.243 e. The highest BCUT2D eigenvalue weighted by Gasteiger charge is 2.30. The van der Waals surface area contributed by atoms with Crippen LogP contribution in [0.4, 0.5) is 0 Å². The molecule has 1 aromatic carbocycles. The standard InChI is InChI=1S/C16H24N2O3S.ClH/c1-17-11-13-4-2-8-18(12-13)22(19,20)15-6-7-16-14(10-15)5-3-9-21-16;/h6-7,10,13,17H,2-5,8-9,11-12H2,1H3;1H. The van der Waals surface area contributed by atoms with Crippen molar-refractivity contribution in [3.8, 4) is 5.75 Å². The lowest BCUT2D eigenvalue weighted by Crippen LogP contribution is -2.42. The van der Waals surface area contributed by atoms with Gasteiger partial charge in [0.05, 0.1) is 11.5 Å². The summed E-state index contributed by atoms with van der Waals surface area (Å²) in [7, 11) is -1.48. The molecule has 1 aromatic rings. The maximum absolute atomic E-state index is 12.9. The molecule has 5 nitrogen and oxygen atoms in total. The molecule has 1 N–H and O–H groups in total. The van der Waals surface area contributed by atoms with E-state index in [1.165, 1.54) is 0 Å². The Bertz CT molecular complexity index is 634. The van der Waals surface area contributed by atoms with Gasteiger partial charge in [0.2, 0.25) is 10.0 Å². The van der Waals surface area contributed by atoms with Crippen molar-refractivity contribution in [1.29, 1.82) is 0 Å². The van der Waals surface area contributed by atoms with E-state index in [2.05, 4.69) is 5.32 Å². The molecule has 2 aliphatic heterocycles. The Labute approximate surface area is 144 Å². The van der Waals surface area contributed by atoms with Crippen LogP contribution in [0.1, 0.15) is 24.8 Å². The number of hydrogen-bond acceptors (Lipinski definition) is 4. The van der Waals surface area contributed by atoms with E-state index in [0.29, 0.717) is 23.9 Å². The number of nitrogens with one attached hydrogen (secondary N) is 1. The zero-order valence-corrected chi connectivity index (χ0v) is 15.1. The fraction of sp³-hybridized carbons (Fsp3) is 0.625. The molecular weight excluding hydrogens is 336 g/mol. The third-order valence-corrected chi connectivity index (χ3v) is 6.35. The first kappa shape index (κ1) is 18.5. The Morgan fingerprint density at radius 1 is 1.35 bits per heavy atom. The van der Waals surface area contributed by atoms with Gasteiger partial charge in [0.1, 0.15) is 5.75 Å². The lowest BCUT2D eigenvalue weighted by Gasteiger charge is -2.32. The van der Waals surface area contributed by atoms with E-state index in [4.69, 9.17) is 4.74 Å². The Morgan fingerprint density at radius 2 is 2.17 bits per heavy atom. The molecule has 23 heavy (non-hydrogen) atoms. The molecule has 3 rings (SSSR count). The maximum Gasteiger partial charge on any atom is 0.243 e. The predicted molar refractivity (Wildman–Crippen MR) is 92.9 cm³/mol. The zero-order valence-electron chi connectivity index (χ0n) is 13.5. The molecular formula is C16H25ClN2O3S. The van der Waals surface area contributed by atoms with Crippen LogP contribution in [0, 0.1) is 5.92 Å². The predicted octanol–water partition coefficient (Wildman–Crippen LogP) is 2.05. The largest absolute Gasteiger partial charge is 0.493 e. The van der Waals surface area contributed by atoms with Gasteiger partial charge in [0.25, 0.3) is 0 Å². The summed E-state index contributed by atoms with van der Waals surface area (Å²) in [6, 6.07) is 5.28. The lowest BCUT2D eigenvalue weighted by molar-refractivity contribution is 0.263. The van der Waals surface area contributed by atoms with Crippen LogP contribution in [0.5, 0.6) is 5.75 Å². The lowest BCUT2D eigenvalue weighted by atomic mass is 10.00. The first-order valence-electron chi connectivity index (χ1n) is 8.02. The van der Waals surface area contributed by atoms with Crippen molar-refractivity contribution in [1.82, 2.24) is 9.62 Å². The Balaban J connectivity index is 0.00000192. The molecule has 1 atom stereocenters. The maximum atomic E-state index is 12.9. The summed E-state index contributed by atoms with van der Waals surface area (Å²) in [5.74, 6) is 1.23. The summed E-state index contributed by atoms with van der Waals surface area (Å²) >= 11 is 0. The van der Waals surface area contributed by atoms with Crippen LogP contribution < -0.4 is 10.1 Å². The van der Waals surface area contributed by atoms with E-state index in [-0.39, 0.29) is 12.4 Å². The van der Waals surface area contributed by atoms with Gasteiger partial charge >= 0.3 is 0 Å². The van der Waals surface area contributed by atoms with Gasteiger partial charge in [0, 0.05) is 13.1 Å². The van der Waals surface area contributed by atoms with Crippen LogP contribution in [-0.4, -0.2) is 46.0 Å². The molecule has 0 aromatic heterocycles. The van der Waals surface area contributed by atoms with Gasteiger partial charge in [-0.3, -0.25) is 0 Å². The molecule has 0 spiro atoms. The van der Waals surface area contributed by atoms with Gasteiger partial charge < -0.3 is 10.1 Å². The first-order valence-corrected chi connectivity index (χ1v) is 9.46. The molecule has 2 heterocycles. The summed E-state index contributed by atoms with van der Waals surface area (Å²) in [5.41, 5.74) is 1.01. The average molecular weight is 361 g/mol. The SMILES string of the molecule is CNCC1CCCN(S(=O)(=O)c2ccc3c(c2)CCCO3)C1.Cl. The number of benzene rings is 1. The molecule has 0 aliphatic carbocycles. The highest BCUT2D eigenvalue weighted by molar-refractivity contribution is 7.89. The summed E-state index contributed by atoms with van der Waals surface area (Å²) in [6.45, 7) is 2.81. The Hall–Kier alpha value is -0.820. The summed E-state index contributed by atoms with van der Waals surface area (Å²) < 4.78 is 33.0. The number of piperidine rings is 1. The van der Waals surface area contributed by atoms with Gasteiger partial charge in [-0.15, -0.1) is 12.4 Å². The summed E-state index contributed by atoms with van der Waals surface area (Å²) in [5, 5.41) is 3.15. The second-order valence-corrected chi connectivity index (χ2v) is 8.09. The minimum absolute atomic E-state index is 0. The highest BCUT2D eigenvalue weighted by Crippen LogP contribution is 2.30. The van der Waals surface area contributed by atoms with Crippen LogP contribution in [0.25, 0.3) is 0 Å². The van der Waals surface area contributed by atoms with E-state index >= 15 is 0 Å². The summed E-state index contributed by atoms with van der Waals surface area (Å²) in [4.78, 5) is 0.404. The topological polar surface area (TPSA) is 58.6 Å². The van der Waals surface area contributed by atoms with Gasteiger partial charge in [-0.1, -0.05) is 0 Å². The van der Waals surface area contributed by atoms with Crippen LogP contribution in [0.15, 0.2) is 23.1 Å². The number of hydrogen-bond donors (Lipinski definition) is 1. The molecule has 1 unspecified atom stereocenters. The Morgan fingerprint density at radius 3 is 2.96 bits per heavy atom. The number of rotatable bonds is 4. The van der Waals surface area contributed by atoms with Crippen LogP contribution in [-0.2, 0) is 16.4 Å². The van der Waals surface area contributed by atoms with E-state index in [1.807, 2.05) is 7.05 Å². The molecule has 1 fully saturated rings. The molecule has 2 aliphatic rings. The van der Waals surface area contributed by atoms with Crippen LogP contribution >= 0.6 is 12.4 Å². The fourth-order valence-corrected chi connectivity index (χ4v) is 4.95. The molecule has 0 saturated carbocycles. The van der Waals surface area contributed by atoms with E-state index in [0.717, 1.165) is 50.1 Å². The molecule has 0 amide bonds. The third-order valence-electron chi connectivity index (χ3n) is 4.49.